The van der Waals surface area contributed by atoms with E-state index in [9.17, 15) is 4.79 Å². The SMILES string of the molecule is CNC(=O)[C@H]1CN(Cc2nc(C(C)(C)C)no2)C[C@@H]1c1cnn(C)c1. The topological polar surface area (TPSA) is 89.1 Å². The van der Waals surface area contributed by atoms with E-state index in [0.717, 1.165) is 12.1 Å². The van der Waals surface area contributed by atoms with E-state index in [2.05, 4.69) is 46.2 Å². The lowest BCUT2D eigenvalue weighted by molar-refractivity contribution is -0.124. The van der Waals surface area contributed by atoms with Gasteiger partial charge in [-0.2, -0.15) is 10.1 Å². The summed E-state index contributed by atoms with van der Waals surface area (Å²) in [7, 11) is 3.57. The van der Waals surface area contributed by atoms with Crippen molar-refractivity contribution in [2.75, 3.05) is 20.1 Å². The molecule has 2 aromatic rings. The Morgan fingerprint density at radius 1 is 1.40 bits per heavy atom. The fourth-order valence-electron chi connectivity index (χ4n) is 3.25. The zero-order valence-electron chi connectivity index (χ0n) is 15.5. The summed E-state index contributed by atoms with van der Waals surface area (Å²) in [6.07, 6.45) is 3.82. The summed E-state index contributed by atoms with van der Waals surface area (Å²) in [5, 5.41) is 11.1. The summed E-state index contributed by atoms with van der Waals surface area (Å²) in [5.41, 5.74) is 0.940. The average Bonchev–Trinajstić information content (AvgIpc) is 3.25. The normalized spacial score (nSPS) is 21.6. The Labute approximate surface area is 147 Å². The van der Waals surface area contributed by atoms with Gasteiger partial charge < -0.3 is 9.84 Å². The Balaban J connectivity index is 1.75. The molecule has 1 N–H and O–H groups in total. The van der Waals surface area contributed by atoms with E-state index >= 15 is 0 Å². The van der Waals surface area contributed by atoms with Crippen LogP contribution in [0, 0.1) is 5.92 Å². The number of aromatic nitrogens is 4. The van der Waals surface area contributed by atoms with Gasteiger partial charge in [0, 0.05) is 44.7 Å². The summed E-state index contributed by atoms with van der Waals surface area (Å²) in [6.45, 7) is 8.13. The number of nitrogens with zero attached hydrogens (tertiary/aromatic N) is 5. The number of aryl methyl sites for hydroxylation is 1. The number of amides is 1. The van der Waals surface area contributed by atoms with Crippen LogP contribution in [-0.4, -0.2) is 50.9 Å². The van der Waals surface area contributed by atoms with Gasteiger partial charge in [-0.05, 0) is 5.56 Å². The smallest absolute Gasteiger partial charge is 0.240 e. The van der Waals surface area contributed by atoms with Crippen molar-refractivity contribution in [1.29, 1.82) is 0 Å². The van der Waals surface area contributed by atoms with Crippen LogP contribution in [0.3, 0.4) is 0 Å². The number of likely N-dealkylation sites (tertiary alicyclic amines) is 1. The molecule has 1 amide bonds. The van der Waals surface area contributed by atoms with E-state index in [4.69, 9.17) is 4.52 Å². The molecular formula is C17H26N6O2. The van der Waals surface area contributed by atoms with Gasteiger partial charge >= 0.3 is 0 Å². The van der Waals surface area contributed by atoms with Crippen molar-refractivity contribution >= 4 is 5.91 Å². The highest BCUT2D eigenvalue weighted by Gasteiger charge is 2.39. The van der Waals surface area contributed by atoms with Gasteiger partial charge in [-0.15, -0.1) is 0 Å². The molecule has 2 aromatic heterocycles. The molecule has 1 aliphatic rings. The largest absolute Gasteiger partial charge is 0.359 e. The molecule has 1 aliphatic heterocycles. The predicted molar refractivity (Wildman–Crippen MR) is 91.8 cm³/mol. The van der Waals surface area contributed by atoms with E-state index in [1.807, 2.05) is 19.4 Å². The molecule has 0 bridgehead atoms. The molecule has 8 nitrogen and oxygen atoms in total. The highest BCUT2D eigenvalue weighted by Crippen LogP contribution is 2.33. The van der Waals surface area contributed by atoms with E-state index < -0.39 is 0 Å². The molecule has 136 valence electrons. The van der Waals surface area contributed by atoms with Crippen molar-refractivity contribution in [3.05, 3.63) is 29.7 Å². The maximum absolute atomic E-state index is 12.3. The lowest BCUT2D eigenvalue weighted by Crippen LogP contribution is -2.32. The molecule has 0 aromatic carbocycles. The summed E-state index contributed by atoms with van der Waals surface area (Å²) in [6, 6.07) is 0. The monoisotopic (exact) mass is 346 g/mol. The summed E-state index contributed by atoms with van der Waals surface area (Å²) >= 11 is 0. The maximum atomic E-state index is 12.3. The van der Waals surface area contributed by atoms with Gasteiger partial charge in [0.1, 0.15) is 0 Å². The third kappa shape index (κ3) is 3.73. The van der Waals surface area contributed by atoms with E-state index in [-0.39, 0.29) is 23.2 Å². The lowest BCUT2D eigenvalue weighted by atomic mass is 9.90. The fourth-order valence-corrected chi connectivity index (χ4v) is 3.25. The highest BCUT2D eigenvalue weighted by molar-refractivity contribution is 5.80. The minimum Gasteiger partial charge on any atom is -0.359 e. The van der Waals surface area contributed by atoms with E-state index in [0.29, 0.717) is 24.8 Å². The first-order valence-electron chi connectivity index (χ1n) is 8.53. The first-order valence-corrected chi connectivity index (χ1v) is 8.53. The van der Waals surface area contributed by atoms with Crippen molar-refractivity contribution in [3.63, 3.8) is 0 Å². The van der Waals surface area contributed by atoms with Crippen molar-refractivity contribution in [1.82, 2.24) is 30.1 Å². The molecule has 1 fully saturated rings. The molecule has 0 radical (unpaired) electrons. The Morgan fingerprint density at radius 2 is 2.16 bits per heavy atom. The molecule has 3 rings (SSSR count). The van der Waals surface area contributed by atoms with Crippen LogP contribution in [0.15, 0.2) is 16.9 Å². The van der Waals surface area contributed by atoms with Gasteiger partial charge in [0.2, 0.25) is 11.8 Å². The van der Waals surface area contributed by atoms with Crippen molar-refractivity contribution in [2.45, 2.75) is 38.6 Å². The fraction of sp³-hybridized carbons (Fsp3) is 0.647. The van der Waals surface area contributed by atoms with Gasteiger partial charge in [0.25, 0.3) is 0 Å². The molecule has 1 saturated heterocycles. The van der Waals surface area contributed by atoms with Crippen LogP contribution < -0.4 is 5.32 Å². The van der Waals surface area contributed by atoms with Crippen LogP contribution in [0.4, 0.5) is 0 Å². The molecule has 0 saturated carbocycles. The zero-order valence-corrected chi connectivity index (χ0v) is 15.5. The van der Waals surface area contributed by atoms with E-state index in [1.54, 1.807) is 11.7 Å². The van der Waals surface area contributed by atoms with Gasteiger partial charge in [0.15, 0.2) is 5.82 Å². The predicted octanol–water partition coefficient (Wildman–Crippen LogP) is 1.06. The number of rotatable bonds is 4. The molecule has 3 heterocycles. The van der Waals surface area contributed by atoms with Crippen LogP contribution in [-0.2, 0) is 23.8 Å². The second-order valence-corrected chi connectivity index (χ2v) is 7.73. The van der Waals surface area contributed by atoms with Crippen LogP contribution in [0.2, 0.25) is 0 Å². The van der Waals surface area contributed by atoms with Gasteiger partial charge in [-0.25, -0.2) is 0 Å². The molecule has 0 aliphatic carbocycles. The third-order valence-corrected chi connectivity index (χ3v) is 4.63. The van der Waals surface area contributed by atoms with Gasteiger partial charge in [-0.3, -0.25) is 14.4 Å². The van der Waals surface area contributed by atoms with Crippen molar-refractivity contribution in [2.24, 2.45) is 13.0 Å². The maximum Gasteiger partial charge on any atom is 0.240 e. The number of hydrogen-bond donors (Lipinski definition) is 1. The van der Waals surface area contributed by atoms with Crippen LogP contribution in [0.1, 0.15) is 44.0 Å². The standard InChI is InChI=1S/C17H26N6O2/c1-17(2,3)16-20-14(25-21-16)10-23-8-12(11-6-19-22(5)7-11)13(9-23)15(24)18-4/h6-7,12-13H,8-10H2,1-5H3,(H,18,24)/t12-,13+/m1/s1. The Bertz CT molecular complexity index is 744. The molecule has 2 atom stereocenters. The minimum atomic E-state index is -0.143. The van der Waals surface area contributed by atoms with Crippen molar-refractivity contribution < 1.29 is 9.32 Å². The second kappa shape index (κ2) is 6.59. The highest BCUT2D eigenvalue weighted by atomic mass is 16.5. The molecule has 0 unspecified atom stereocenters. The second-order valence-electron chi connectivity index (χ2n) is 7.73. The van der Waals surface area contributed by atoms with Crippen LogP contribution >= 0.6 is 0 Å². The number of carbonyl (C=O) groups is 1. The lowest BCUT2D eigenvalue weighted by Gasteiger charge is -2.15. The minimum absolute atomic E-state index is 0.0530. The zero-order chi connectivity index (χ0) is 18.2. The quantitative estimate of drug-likeness (QED) is 0.890. The third-order valence-electron chi connectivity index (χ3n) is 4.63. The first kappa shape index (κ1) is 17.6. The Hall–Kier alpha value is -2.22. The summed E-state index contributed by atoms with van der Waals surface area (Å²) < 4.78 is 7.17. The van der Waals surface area contributed by atoms with Crippen LogP contribution in [0.5, 0.6) is 0 Å². The number of hydrogen-bond acceptors (Lipinski definition) is 6. The molecular weight excluding hydrogens is 320 g/mol. The van der Waals surface area contributed by atoms with E-state index in [1.165, 1.54) is 0 Å². The Morgan fingerprint density at radius 3 is 2.72 bits per heavy atom. The first-order chi connectivity index (χ1) is 11.8. The molecule has 25 heavy (non-hydrogen) atoms. The summed E-state index contributed by atoms with van der Waals surface area (Å²) in [5.74, 6) is 1.34. The number of carbonyl (C=O) groups excluding carboxylic acids is 1. The average molecular weight is 346 g/mol. The Kier molecular flexibility index (Phi) is 4.64. The molecule has 8 heteroatoms. The number of nitrogens with one attached hydrogen (secondary N) is 1. The van der Waals surface area contributed by atoms with Crippen LogP contribution in [0.25, 0.3) is 0 Å². The van der Waals surface area contributed by atoms with Gasteiger partial charge in [-0.1, -0.05) is 25.9 Å². The van der Waals surface area contributed by atoms with Gasteiger partial charge in [0.05, 0.1) is 18.7 Å². The van der Waals surface area contributed by atoms with Crippen molar-refractivity contribution in [3.8, 4) is 0 Å². The molecule has 0 spiro atoms. The summed E-state index contributed by atoms with van der Waals surface area (Å²) in [4.78, 5) is 19.0.